The number of rotatable bonds is 5. The van der Waals surface area contributed by atoms with Crippen LogP contribution in [-0.2, 0) is 17.9 Å². The van der Waals surface area contributed by atoms with E-state index >= 15 is 0 Å². The number of nitrogens with zero attached hydrogens (tertiary/aromatic N) is 3. The summed E-state index contributed by atoms with van der Waals surface area (Å²) >= 11 is 0. The van der Waals surface area contributed by atoms with E-state index in [-0.39, 0.29) is 0 Å². The molecule has 0 aliphatic rings. The third-order valence-corrected chi connectivity index (χ3v) is 3.74. The second kappa shape index (κ2) is 8.58. The predicted octanol–water partition coefficient (Wildman–Crippen LogP) is 3.57. The van der Waals surface area contributed by atoms with Gasteiger partial charge in [-0.25, -0.2) is 9.97 Å². The summed E-state index contributed by atoms with van der Waals surface area (Å²) in [5.41, 5.74) is 9.75. The van der Waals surface area contributed by atoms with Crippen molar-refractivity contribution in [1.82, 2.24) is 14.5 Å². The molecular formula is C19H26N4O2. The van der Waals surface area contributed by atoms with Gasteiger partial charge in [0, 0.05) is 24.9 Å². The van der Waals surface area contributed by atoms with E-state index < -0.39 is 5.97 Å². The third-order valence-electron chi connectivity index (χ3n) is 3.74. The summed E-state index contributed by atoms with van der Waals surface area (Å²) in [4.78, 5) is 18.7. The minimum atomic E-state index is -0.711. The Morgan fingerprint density at radius 2 is 2.04 bits per heavy atom. The molecule has 3 aromatic rings. The van der Waals surface area contributed by atoms with E-state index in [2.05, 4.69) is 34.4 Å². The van der Waals surface area contributed by atoms with Crippen molar-refractivity contribution in [3.63, 3.8) is 0 Å². The second-order valence-corrected chi connectivity index (χ2v) is 6.41. The van der Waals surface area contributed by atoms with Gasteiger partial charge in [0.2, 0.25) is 0 Å². The van der Waals surface area contributed by atoms with Crippen LogP contribution in [0.5, 0.6) is 0 Å². The molecule has 0 atom stereocenters. The van der Waals surface area contributed by atoms with Gasteiger partial charge < -0.3 is 15.4 Å². The van der Waals surface area contributed by atoms with Crippen LogP contribution in [0.25, 0.3) is 21.9 Å². The van der Waals surface area contributed by atoms with Gasteiger partial charge in [0.15, 0.2) is 0 Å². The van der Waals surface area contributed by atoms with Crippen LogP contribution in [0, 0.1) is 5.92 Å². The zero-order chi connectivity index (χ0) is 18.4. The molecule has 2 aromatic heterocycles. The third kappa shape index (κ3) is 4.54. The van der Waals surface area contributed by atoms with Crippen molar-refractivity contribution in [2.75, 3.05) is 0 Å². The second-order valence-electron chi connectivity index (χ2n) is 6.41. The van der Waals surface area contributed by atoms with Gasteiger partial charge in [-0.3, -0.25) is 4.79 Å². The van der Waals surface area contributed by atoms with E-state index in [0.29, 0.717) is 18.9 Å². The molecule has 3 rings (SSSR count). The minimum Gasteiger partial charge on any atom is -0.481 e. The molecule has 0 saturated heterocycles. The highest BCUT2D eigenvalue weighted by atomic mass is 16.4. The topological polar surface area (TPSA) is 94.0 Å². The Hall–Kier alpha value is -2.47. The number of para-hydroxylation sites is 1. The molecule has 0 aliphatic heterocycles. The van der Waals surface area contributed by atoms with Crippen molar-refractivity contribution >= 4 is 27.9 Å². The zero-order valence-corrected chi connectivity index (χ0v) is 15.1. The Morgan fingerprint density at radius 1 is 1.32 bits per heavy atom. The first-order valence-corrected chi connectivity index (χ1v) is 8.62. The standard InChI is InChI=1S/C15H18N4.C4H8O2/c1-10(2)8-19-9-17-14-13(7-16)18-12-6-4-3-5-11(12)15(14)19;1-2-3-4(5)6/h3-6,9-10H,7-8,16H2,1-2H3;2-3H2,1H3,(H,5,6). The average Bonchev–Trinajstić information content (AvgIpc) is 2.98. The van der Waals surface area contributed by atoms with E-state index in [1.165, 1.54) is 0 Å². The summed E-state index contributed by atoms with van der Waals surface area (Å²) in [5.74, 6) is -0.136. The highest BCUT2D eigenvalue weighted by Crippen LogP contribution is 2.26. The van der Waals surface area contributed by atoms with Gasteiger partial charge >= 0.3 is 5.97 Å². The summed E-state index contributed by atoms with van der Waals surface area (Å²) in [7, 11) is 0. The number of aliphatic carboxylic acids is 1. The van der Waals surface area contributed by atoms with Crippen LogP contribution in [0.2, 0.25) is 0 Å². The minimum absolute atomic E-state index is 0.292. The van der Waals surface area contributed by atoms with Gasteiger partial charge in [0.1, 0.15) is 5.52 Å². The lowest BCUT2D eigenvalue weighted by molar-refractivity contribution is -0.137. The fraction of sp³-hybridized carbons (Fsp3) is 0.421. The first-order chi connectivity index (χ1) is 12.0. The number of aromatic nitrogens is 3. The largest absolute Gasteiger partial charge is 0.481 e. The Bertz CT molecular complexity index is 855. The molecular weight excluding hydrogens is 316 g/mol. The Labute approximate surface area is 147 Å². The first-order valence-electron chi connectivity index (χ1n) is 8.62. The van der Waals surface area contributed by atoms with Gasteiger partial charge in [0.05, 0.1) is 23.1 Å². The van der Waals surface area contributed by atoms with Gasteiger partial charge in [-0.2, -0.15) is 0 Å². The summed E-state index contributed by atoms with van der Waals surface area (Å²) in [5, 5.41) is 9.06. The summed E-state index contributed by atoms with van der Waals surface area (Å²) in [6.07, 6.45) is 2.92. The number of nitrogens with two attached hydrogens (primary N) is 1. The molecule has 1 aromatic carbocycles. The fourth-order valence-corrected chi connectivity index (χ4v) is 2.73. The van der Waals surface area contributed by atoms with Crippen molar-refractivity contribution in [3.05, 3.63) is 36.3 Å². The highest BCUT2D eigenvalue weighted by Gasteiger charge is 2.13. The number of pyridine rings is 1. The number of imidazole rings is 1. The molecule has 0 spiro atoms. The van der Waals surface area contributed by atoms with Crippen molar-refractivity contribution < 1.29 is 9.90 Å². The highest BCUT2D eigenvalue weighted by molar-refractivity contribution is 6.03. The molecule has 6 nitrogen and oxygen atoms in total. The van der Waals surface area contributed by atoms with Crippen LogP contribution in [0.3, 0.4) is 0 Å². The molecule has 0 bridgehead atoms. The van der Waals surface area contributed by atoms with E-state index in [1.807, 2.05) is 31.5 Å². The Kier molecular flexibility index (Phi) is 6.47. The Balaban J connectivity index is 0.000000326. The lowest BCUT2D eigenvalue weighted by Gasteiger charge is -2.10. The quantitative estimate of drug-likeness (QED) is 0.739. The molecule has 0 saturated carbocycles. The van der Waals surface area contributed by atoms with E-state index in [0.717, 1.165) is 40.6 Å². The van der Waals surface area contributed by atoms with Crippen molar-refractivity contribution in [3.8, 4) is 0 Å². The number of carbonyl (C=O) groups is 1. The Morgan fingerprint density at radius 3 is 2.60 bits per heavy atom. The van der Waals surface area contributed by atoms with Gasteiger partial charge in [-0.05, 0) is 18.4 Å². The van der Waals surface area contributed by atoms with Crippen LogP contribution in [0.15, 0.2) is 30.6 Å². The molecule has 3 N–H and O–H groups in total. The molecule has 6 heteroatoms. The molecule has 134 valence electrons. The van der Waals surface area contributed by atoms with Gasteiger partial charge in [-0.1, -0.05) is 39.0 Å². The van der Waals surface area contributed by atoms with Crippen LogP contribution < -0.4 is 5.73 Å². The van der Waals surface area contributed by atoms with Crippen LogP contribution >= 0.6 is 0 Å². The van der Waals surface area contributed by atoms with E-state index in [4.69, 9.17) is 10.8 Å². The number of hydrogen-bond acceptors (Lipinski definition) is 4. The smallest absolute Gasteiger partial charge is 0.303 e. The average molecular weight is 342 g/mol. The lowest BCUT2D eigenvalue weighted by atomic mass is 10.1. The fourth-order valence-electron chi connectivity index (χ4n) is 2.73. The van der Waals surface area contributed by atoms with E-state index in [9.17, 15) is 4.79 Å². The monoisotopic (exact) mass is 342 g/mol. The van der Waals surface area contributed by atoms with Gasteiger partial charge in [-0.15, -0.1) is 0 Å². The maximum absolute atomic E-state index is 9.60. The van der Waals surface area contributed by atoms with Gasteiger partial charge in [0.25, 0.3) is 0 Å². The summed E-state index contributed by atoms with van der Waals surface area (Å²) < 4.78 is 2.21. The van der Waals surface area contributed by atoms with Crippen molar-refractivity contribution in [1.29, 1.82) is 0 Å². The lowest BCUT2D eigenvalue weighted by Crippen LogP contribution is -2.05. The van der Waals surface area contributed by atoms with Crippen LogP contribution in [-0.4, -0.2) is 25.6 Å². The van der Waals surface area contributed by atoms with E-state index in [1.54, 1.807) is 0 Å². The zero-order valence-electron chi connectivity index (χ0n) is 15.1. The van der Waals surface area contributed by atoms with Crippen molar-refractivity contribution in [2.24, 2.45) is 11.7 Å². The normalized spacial score (nSPS) is 10.9. The predicted molar refractivity (Wildman–Crippen MR) is 100 cm³/mol. The molecule has 0 amide bonds. The summed E-state index contributed by atoms with van der Waals surface area (Å²) in [6.45, 7) is 7.63. The number of hydrogen-bond donors (Lipinski definition) is 2. The molecule has 0 radical (unpaired) electrons. The number of benzene rings is 1. The van der Waals surface area contributed by atoms with Crippen molar-refractivity contribution in [2.45, 2.75) is 46.7 Å². The maximum atomic E-state index is 9.60. The van der Waals surface area contributed by atoms with Crippen LogP contribution in [0.4, 0.5) is 0 Å². The molecule has 0 aliphatic carbocycles. The molecule has 2 heterocycles. The van der Waals surface area contributed by atoms with Crippen LogP contribution in [0.1, 0.15) is 39.3 Å². The molecule has 0 fully saturated rings. The number of carboxylic acid groups (broad SMARTS) is 1. The summed E-state index contributed by atoms with van der Waals surface area (Å²) in [6, 6.07) is 8.17. The SMILES string of the molecule is CC(C)Cn1cnc2c(CN)nc3ccccc3c21.CCCC(=O)O. The number of carboxylic acids is 1. The first kappa shape index (κ1) is 18.9. The number of fused-ring (bicyclic) bond motifs is 3. The maximum Gasteiger partial charge on any atom is 0.303 e. The molecule has 0 unspecified atom stereocenters. The molecule has 25 heavy (non-hydrogen) atoms.